The number of rotatable bonds is 6. The summed E-state index contributed by atoms with van der Waals surface area (Å²) in [5.41, 5.74) is 0.229. The maximum Gasteiger partial charge on any atom is 0.282 e. The number of aryl methyl sites for hydroxylation is 1. The van der Waals surface area contributed by atoms with Crippen molar-refractivity contribution in [1.29, 1.82) is 5.26 Å². The zero-order valence-electron chi connectivity index (χ0n) is 15.6. The SMILES string of the molecule is N#CCCn1cc(C(=O)CN2C(=O)c3cccc([N+](=O)[O-])c3C2=O)c2ccccc21. The van der Waals surface area contributed by atoms with Crippen LogP contribution in [0.15, 0.2) is 48.7 Å². The van der Waals surface area contributed by atoms with E-state index in [-0.39, 0.29) is 17.5 Å². The Bertz CT molecular complexity index is 1280. The minimum atomic E-state index is -0.858. The van der Waals surface area contributed by atoms with E-state index in [9.17, 15) is 24.5 Å². The van der Waals surface area contributed by atoms with E-state index in [1.807, 2.05) is 12.1 Å². The zero-order valence-corrected chi connectivity index (χ0v) is 15.6. The summed E-state index contributed by atoms with van der Waals surface area (Å²) in [6.45, 7) is -0.140. The number of carbonyl (C=O) groups excluding carboxylic acids is 3. The maximum absolute atomic E-state index is 13.0. The first kappa shape index (κ1) is 19.0. The second kappa shape index (κ2) is 7.25. The van der Waals surface area contributed by atoms with Crippen molar-refractivity contribution in [3.05, 3.63) is 75.5 Å². The minimum absolute atomic E-state index is 0.0848. The lowest BCUT2D eigenvalue weighted by atomic mass is 10.1. The predicted octanol–water partition coefficient (Wildman–Crippen LogP) is 2.94. The van der Waals surface area contributed by atoms with Crippen LogP contribution in [0.1, 0.15) is 37.5 Å². The molecule has 1 aliphatic heterocycles. The van der Waals surface area contributed by atoms with Crippen molar-refractivity contribution in [1.82, 2.24) is 9.47 Å². The summed E-state index contributed by atoms with van der Waals surface area (Å²) in [5, 5.41) is 20.7. The van der Waals surface area contributed by atoms with Crippen LogP contribution >= 0.6 is 0 Å². The molecule has 30 heavy (non-hydrogen) atoms. The number of Topliss-reactive ketones (excluding diaryl/α,β-unsaturated/α-hetero) is 1. The van der Waals surface area contributed by atoms with Gasteiger partial charge in [0, 0.05) is 35.3 Å². The van der Waals surface area contributed by atoms with Crippen LogP contribution in [0.2, 0.25) is 0 Å². The first-order chi connectivity index (χ1) is 14.4. The van der Waals surface area contributed by atoms with Gasteiger partial charge in [-0.2, -0.15) is 5.26 Å². The van der Waals surface area contributed by atoms with Gasteiger partial charge in [0.15, 0.2) is 5.78 Å². The number of benzene rings is 2. The third-order valence-electron chi connectivity index (χ3n) is 5.03. The number of para-hydroxylation sites is 1. The van der Waals surface area contributed by atoms with Crippen molar-refractivity contribution in [2.24, 2.45) is 0 Å². The van der Waals surface area contributed by atoms with Crippen molar-refractivity contribution in [3.8, 4) is 6.07 Å². The Kier molecular flexibility index (Phi) is 4.60. The Labute approximate surface area is 169 Å². The van der Waals surface area contributed by atoms with Crippen LogP contribution in [-0.4, -0.2) is 38.5 Å². The molecule has 1 aromatic heterocycles. The van der Waals surface area contributed by atoms with Crippen LogP contribution in [0, 0.1) is 21.4 Å². The number of hydrogen-bond acceptors (Lipinski definition) is 6. The van der Waals surface area contributed by atoms with Gasteiger partial charge in [-0.15, -0.1) is 0 Å². The predicted molar refractivity (Wildman–Crippen MR) is 105 cm³/mol. The molecule has 2 heterocycles. The lowest BCUT2D eigenvalue weighted by Gasteiger charge is -2.12. The van der Waals surface area contributed by atoms with Gasteiger partial charge in [-0.1, -0.05) is 24.3 Å². The molecule has 1 aliphatic rings. The molecule has 0 aliphatic carbocycles. The van der Waals surface area contributed by atoms with Crippen molar-refractivity contribution in [3.63, 3.8) is 0 Å². The quantitative estimate of drug-likeness (QED) is 0.270. The van der Waals surface area contributed by atoms with E-state index < -0.39 is 34.8 Å². The standard InChI is InChI=1S/C21H14N4O5/c22-9-4-10-23-11-15(13-5-1-2-7-16(13)23)18(26)12-24-20(27)14-6-3-8-17(25(29)30)19(14)21(24)28/h1-3,5-8,11H,4,10,12H2. The van der Waals surface area contributed by atoms with Crippen LogP contribution in [0.4, 0.5) is 5.69 Å². The summed E-state index contributed by atoms with van der Waals surface area (Å²) in [4.78, 5) is 49.6. The third-order valence-corrected chi connectivity index (χ3v) is 5.03. The Balaban J connectivity index is 1.68. The van der Waals surface area contributed by atoms with Gasteiger partial charge < -0.3 is 4.57 Å². The molecule has 2 aromatic carbocycles. The number of carbonyl (C=O) groups is 3. The number of ketones is 1. The minimum Gasteiger partial charge on any atom is -0.346 e. The highest BCUT2D eigenvalue weighted by molar-refractivity contribution is 6.25. The van der Waals surface area contributed by atoms with Crippen molar-refractivity contribution in [2.75, 3.05) is 6.54 Å². The summed E-state index contributed by atoms with van der Waals surface area (Å²) in [6.07, 6.45) is 1.86. The molecule has 148 valence electrons. The monoisotopic (exact) mass is 402 g/mol. The fourth-order valence-electron chi connectivity index (χ4n) is 3.66. The molecule has 0 radical (unpaired) electrons. The molecule has 9 nitrogen and oxygen atoms in total. The van der Waals surface area contributed by atoms with Crippen LogP contribution in [0.25, 0.3) is 10.9 Å². The van der Waals surface area contributed by atoms with Gasteiger partial charge in [0.05, 0.1) is 29.5 Å². The Morgan fingerprint density at radius 2 is 1.87 bits per heavy atom. The molecule has 2 amide bonds. The van der Waals surface area contributed by atoms with Crippen LogP contribution < -0.4 is 0 Å². The number of nitro groups is 1. The summed E-state index contributed by atoms with van der Waals surface area (Å²) < 4.78 is 1.78. The summed E-state index contributed by atoms with van der Waals surface area (Å²) in [5.74, 6) is -2.07. The number of nitro benzene ring substituents is 1. The highest BCUT2D eigenvalue weighted by atomic mass is 16.6. The number of nitrogens with zero attached hydrogens (tertiary/aromatic N) is 4. The highest BCUT2D eigenvalue weighted by Crippen LogP contribution is 2.31. The fourth-order valence-corrected chi connectivity index (χ4v) is 3.66. The number of nitriles is 1. The van der Waals surface area contributed by atoms with E-state index >= 15 is 0 Å². The van der Waals surface area contributed by atoms with Gasteiger partial charge in [0.25, 0.3) is 17.5 Å². The third kappa shape index (κ3) is 2.91. The van der Waals surface area contributed by atoms with Gasteiger partial charge in [0.2, 0.25) is 0 Å². The average Bonchev–Trinajstić information content (AvgIpc) is 3.23. The first-order valence-electron chi connectivity index (χ1n) is 9.05. The number of amides is 2. The smallest absolute Gasteiger partial charge is 0.282 e. The first-order valence-corrected chi connectivity index (χ1v) is 9.05. The van der Waals surface area contributed by atoms with Gasteiger partial charge in [0.1, 0.15) is 5.56 Å². The Hall–Kier alpha value is -4.32. The molecule has 4 rings (SSSR count). The molecule has 0 bridgehead atoms. The van der Waals surface area contributed by atoms with Crippen molar-refractivity contribution >= 4 is 34.2 Å². The summed E-state index contributed by atoms with van der Waals surface area (Å²) in [6, 6.07) is 13.0. The second-order valence-electron chi connectivity index (χ2n) is 6.74. The topological polar surface area (TPSA) is 126 Å². The van der Waals surface area contributed by atoms with E-state index in [2.05, 4.69) is 6.07 Å². The lowest BCUT2D eigenvalue weighted by Crippen LogP contribution is -2.35. The number of aromatic nitrogens is 1. The van der Waals surface area contributed by atoms with E-state index in [0.717, 1.165) is 16.5 Å². The molecular formula is C21H14N4O5. The van der Waals surface area contributed by atoms with Gasteiger partial charge in [-0.05, 0) is 12.1 Å². The number of imide groups is 1. The van der Waals surface area contributed by atoms with Gasteiger partial charge in [-0.25, -0.2) is 0 Å². The summed E-state index contributed by atoms with van der Waals surface area (Å²) in [7, 11) is 0. The largest absolute Gasteiger partial charge is 0.346 e. The van der Waals surface area contributed by atoms with E-state index in [1.165, 1.54) is 12.1 Å². The van der Waals surface area contributed by atoms with E-state index in [0.29, 0.717) is 17.5 Å². The molecule has 0 spiro atoms. The zero-order chi connectivity index (χ0) is 21.4. The molecular weight excluding hydrogens is 388 g/mol. The van der Waals surface area contributed by atoms with Crippen molar-refractivity contribution < 1.29 is 19.3 Å². The van der Waals surface area contributed by atoms with Crippen LogP contribution in [0.3, 0.4) is 0 Å². The maximum atomic E-state index is 13.0. The van der Waals surface area contributed by atoms with E-state index in [1.54, 1.807) is 22.9 Å². The van der Waals surface area contributed by atoms with Crippen LogP contribution in [0.5, 0.6) is 0 Å². The average molecular weight is 402 g/mol. The highest BCUT2D eigenvalue weighted by Gasteiger charge is 2.41. The molecule has 0 unspecified atom stereocenters. The van der Waals surface area contributed by atoms with Gasteiger partial charge in [-0.3, -0.25) is 29.4 Å². The van der Waals surface area contributed by atoms with Crippen molar-refractivity contribution in [2.45, 2.75) is 13.0 Å². The Morgan fingerprint density at radius 1 is 1.10 bits per heavy atom. The molecule has 0 saturated carbocycles. The molecule has 0 saturated heterocycles. The molecule has 3 aromatic rings. The van der Waals surface area contributed by atoms with E-state index in [4.69, 9.17) is 5.26 Å². The van der Waals surface area contributed by atoms with Crippen LogP contribution in [-0.2, 0) is 6.54 Å². The number of fused-ring (bicyclic) bond motifs is 2. The second-order valence-corrected chi connectivity index (χ2v) is 6.74. The molecule has 0 atom stereocenters. The Morgan fingerprint density at radius 3 is 2.60 bits per heavy atom. The molecule has 0 fully saturated rings. The summed E-state index contributed by atoms with van der Waals surface area (Å²) >= 11 is 0. The lowest BCUT2D eigenvalue weighted by molar-refractivity contribution is -0.385. The number of hydrogen-bond donors (Lipinski definition) is 0. The normalized spacial score (nSPS) is 12.8. The molecule has 0 N–H and O–H groups in total. The van der Waals surface area contributed by atoms with Gasteiger partial charge >= 0.3 is 0 Å². The molecule has 9 heteroatoms. The fraction of sp³-hybridized carbons (Fsp3) is 0.143.